The standard InChI is InChI=1S/C14H21N7/c1-19-9-12(8-15-19)11-4-6-20(7-5-11)10-14-16-17-18-21(14)13-2-3-13/h8-9,11,13H,2-7,10H2,1H3. The Morgan fingerprint density at radius 1 is 1.19 bits per heavy atom. The van der Waals surface area contributed by atoms with E-state index in [-0.39, 0.29) is 0 Å². The second kappa shape index (κ2) is 5.22. The topological polar surface area (TPSA) is 64.7 Å². The van der Waals surface area contributed by atoms with E-state index in [1.54, 1.807) is 0 Å². The lowest BCUT2D eigenvalue weighted by Crippen LogP contribution is -2.33. The van der Waals surface area contributed by atoms with Crippen LogP contribution in [0.25, 0.3) is 0 Å². The van der Waals surface area contributed by atoms with Gasteiger partial charge in [0.2, 0.25) is 0 Å². The summed E-state index contributed by atoms with van der Waals surface area (Å²) >= 11 is 0. The van der Waals surface area contributed by atoms with Gasteiger partial charge in [-0.2, -0.15) is 5.10 Å². The number of likely N-dealkylation sites (tertiary alicyclic amines) is 1. The van der Waals surface area contributed by atoms with Crippen molar-refractivity contribution in [3.05, 3.63) is 23.8 Å². The average Bonchev–Trinajstić information content (AvgIpc) is 3.08. The van der Waals surface area contributed by atoms with Crippen molar-refractivity contribution in [3.63, 3.8) is 0 Å². The van der Waals surface area contributed by atoms with Gasteiger partial charge in [-0.25, -0.2) is 4.68 Å². The molecule has 112 valence electrons. The molecule has 2 aromatic heterocycles. The molecule has 1 saturated carbocycles. The Morgan fingerprint density at radius 2 is 2.00 bits per heavy atom. The maximum Gasteiger partial charge on any atom is 0.165 e. The van der Waals surface area contributed by atoms with Crippen LogP contribution >= 0.6 is 0 Å². The highest BCUT2D eigenvalue weighted by Crippen LogP contribution is 2.35. The fourth-order valence-corrected chi connectivity index (χ4v) is 3.19. The van der Waals surface area contributed by atoms with E-state index < -0.39 is 0 Å². The molecule has 0 radical (unpaired) electrons. The Kier molecular flexibility index (Phi) is 3.21. The summed E-state index contributed by atoms with van der Waals surface area (Å²) in [6.45, 7) is 3.09. The van der Waals surface area contributed by atoms with Crippen molar-refractivity contribution in [1.29, 1.82) is 0 Å². The number of tetrazole rings is 1. The van der Waals surface area contributed by atoms with Gasteiger partial charge in [0.25, 0.3) is 0 Å². The predicted molar refractivity (Wildman–Crippen MR) is 76.5 cm³/mol. The van der Waals surface area contributed by atoms with E-state index in [0.717, 1.165) is 25.5 Å². The Balaban J connectivity index is 1.35. The van der Waals surface area contributed by atoms with Crippen molar-refractivity contribution in [2.45, 2.75) is 44.2 Å². The molecule has 1 aliphatic heterocycles. The molecule has 7 nitrogen and oxygen atoms in total. The van der Waals surface area contributed by atoms with E-state index in [2.05, 4.69) is 31.7 Å². The Bertz CT molecular complexity index is 604. The lowest BCUT2D eigenvalue weighted by molar-refractivity contribution is 0.197. The third kappa shape index (κ3) is 2.70. The van der Waals surface area contributed by atoms with Crippen LogP contribution < -0.4 is 0 Å². The van der Waals surface area contributed by atoms with E-state index in [1.807, 2.05) is 22.6 Å². The first-order valence-corrected chi connectivity index (χ1v) is 7.77. The number of hydrogen-bond donors (Lipinski definition) is 0. The number of hydrogen-bond acceptors (Lipinski definition) is 5. The van der Waals surface area contributed by atoms with Crippen LogP contribution in [0.3, 0.4) is 0 Å². The van der Waals surface area contributed by atoms with Gasteiger partial charge in [-0.05, 0) is 60.7 Å². The van der Waals surface area contributed by atoms with Gasteiger partial charge in [-0.15, -0.1) is 5.10 Å². The van der Waals surface area contributed by atoms with E-state index in [0.29, 0.717) is 12.0 Å². The molecule has 2 fully saturated rings. The first-order chi connectivity index (χ1) is 10.3. The van der Waals surface area contributed by atoms with E-state index in [9.17, 15) is 0 Å². The summed E-state index contributed by atoms with van der Waals surface area (Å²) in [4.78, 5) is 2.47. The molecule has 0 bridgehead atoms. The largest absolute Gasteiger partial charge is 0.296 e. The highest BCUT2D eigenvalue weighted by molar-refractivity contribution is 5.12. The molecule has 2 aromatic rings. The number of nitrogens with zero attached hydrogens (tertiary/aromatic N) is 7. The SMILES string of the molecule is Cn1cc(C2CCN(Cc3nnnn3C3CC3)CC2)cn1. The quantitative estimate of drug-likeness (QED) is 0.843. The van der Waals surface area contributed by atoms with Crippen molar-refractivity contribution in [1.82, 2.24) is 34.9 Å². The fourth-order valence-electron chi connectivity index (χ4n) is 3.19. The molecule has 0 atom stereocenters. The van der Waals surface area contributed by atoms with Crippen LogP contribution in [0.2, 0.25) is 0 Å². The minimum Gasteiger partial charge on any atom is -0.296 e. The van der Waals surface area contributed by atoms with Crippen molar-refractivity contribution in [2.24, 2.45) is 7.05 Å². The van der Waals surface area contributed by atoms with Crippen molar-refractivity contribution in [3.8, 4) is 0 Å². The van der Waals surface area contributed by atoms with Crippen LogP contribution in [0.15, 0.2) is 12.4 Å². The molecule has 0 aromatic carbocycles. The number of aromatic nitrogens is 6. The Labute approximate surface area is 123 Å². The van der Waals surface area contributed by atoms with Gasteiger partial charge in [0.1, 0.15) is 0 Å². The molecular weight excluding hydrogens is 266 g/mol. The van der Waals surface area contributed by atoms with Gasteiger partial charge < -0.3 is 0 Å². The van der Waals surface area contributed by atoms with Crippen molar-refractivity contribution < 1.29 is 0 Å². The van der Waals surface area contributed by atoms with Gasteiger partial charge in [-0.1, -0.05) is 0 Å². The second-order valence-electron chi connectivity index (χ2n) is 6.27. The molecule has 0 spiro atoms. The molecule has 1 saturated heterocycles. The maximum atomic E-state index is 4.28. The lowest BCUT2D eigenvalue weighted by atomic mass is 9.91. The van der Waals surface area contributed by atoms with E-state index in [1.165, 1.54) is 31.2 Å². The first kappa shape index (κ1) is 12.9. The summed E-state index contributed by atoms with van der Waals surface area (Å²) < 4.78 is 3.92. The molecule has 7 heteroatoms. The van der Waals surface area contributed by atoms with Crippen LogP contribution in [0.4, 0.5) is 0 Å². The smallest absolute Gasteiger partial charge is 0.165 e. The van der Waals surface area contributed by atoms with Crippen LogP contribution in [0.1, 0.15) is 49.0 Å². The molecule has 21 heavy (non-hydrogen) atoms. The van der Waals surface area contributed by atoms with Gasteiger partial charge in [0, 0.05) is 13.2 Å². The predicted octanol–water partition coefficient (Wildman–Crippen LogP) is 1.12. The Hall–Kier alpha value is -1.76. The van der Waals surface area contributed by atoms with Gasteiger partial charge in [0.15, 0.2) is 5.82 Å². The molecule has 0 amide bonds. The zero-order chi connectivity index (χ0) is 14.2. The first-order valence-electron chi connectivity index (χ1n) is 7.77. The van der Waals surface area contributed by atoms with Crippen LogP contribution in [0.5, 0.6) is 0 Å². The third-order valence-electron chi connectivity index (χ3n) is 4.60. The molecule has 2 aliphatic rings. The van der Waals surface area contributed by atoms with Gasteiger partial charge in [-0.3, -0.25) is 9.58 Å². The average molecular weight is 287 g/mol. The highest BCUT2D eigenvalue weighted by Gasteiger charge is 2.29. The summed E-state index contributed by atoms with van der Waals surface area (Å²) in [5.41, 5.74) is 1.37. The summed E-state index contributed by atoms with van der Waals surface area (Å²) in [6.07, 6.45) is 8.98. The summed E-state index contributed by atoms with van der Waals surface area (Å²) in [5, 5.41) is 16.4. The number of rotatable bonds is 4. The zero-order valence-electron chi connectivity index (χ0n) is 12.4. The molecule has 0 unspecified atom stereocenters. The van der Waals surface area contributed by atoms with Gasteiger partial charge in [0.05, 0.1) is 18.8 Å². The third-order valence-corrected chi connectivity index (χ3v) is 4.60. The van der Waals surface area contributed by atoms with Crippen molar-refractivity contribution >= 4 is 0 Å². The van der Waals surface area contributed by atoms with E-state index in [4.69, 9.17) is 0 Å². The van der Waals surface area contributed by atoms with Crippen LogP contribution in [-0.2, 0) is 13.6 Å². The summed E-state index contributed by atoms with van der Waals surface area (Å²) in [6, 6.07) is 0.558. The molecule has 1 aliphatic carbocycles. The second-order valence-corrected chi connectivity index (χ2v) is 6.27. The van der Waals surface area contributed by atoms with Crippen LogP contribution in [-0.4, -0.2) is 48.0 Å². The minimum absolute atomic E-state index is 0.558. The van der Waals surface area contributed by atoms with Gasteiger partial charge >= 0.3 is 0 Å². The Morgan fingerprint density at radius 3 is 2.67 bits per heavy atom. The normalized spacial score (nSPS) is 21.0. The lowest BCUT2D eigenvalue weighted by Gasteiger charge is -2.31. The molecule has 4 rings (SSSR count). The zero-order valence-corrected chi connectivity index (χ0v) is 12.4. The molecular formula is C14H21N7. The highest BCUT2D eigenvalue weighted by atomic mass is 15.6. The van der Waals surface area contributed by atoms with E-state index >= 15 is 0 Å². The fraction of sp³-hybridized carbons (Fsp3) is 0.714. The molecule has 3 heterocycles. The maximum absolute atomic E-state index is 4.28. The van der Waals surface area contributed by atoms with Crippen molar-refractivity contribution in [2.75, 3.05) is 13.1 Å². The number of piperidine rings is 1. The number of aryl methyl sites for hydroxylation is 1. The summed E-state index contributed by atoms with van der Waals surface area (Å²) in [5.74, 6) is 1.67. The monoisotopic (exact) mass is 287 g/mol. The molecule has 0 N–H and O–H groups in total. The van der Waals surface area contributed by atoms with Crippen LogP contribution in [0, 0.1) is 0 Å². The summed E-state index contributed by atoms with van der Waals surface area (Å²) in [7, 11) is 1.98. The minimum atomic E-state index is 0.558.